The van der Waals surface area contributed by atoms with Crippen molar-refractivity contribution in [3.63, 3.8) is 0 Å². The number of fused-ring (bicyclic) bond motifs is 3. The summed E-state index contributed by atoms with van der Waals surface area (Å²) in [6.07, 6.45) is 0.252. The summed E-state index contributed by atoms with van der Waals surface area (Å²) in [6, 6.07) is 23.1. The molecule has 3 aromatic carbocycles. The van der Waals surface area contributed by atoms with Crippen LogP contribution in [0.25, 0.3) is 11.1 Å². The molecule has 146 valence electrons. The Hall–Kier alpha value is -3.40. The summed E-state index contributed by atoms with van der Waals surface area (Å²) >= 11 is 0. The first-order valence-corrected chi connectivity index (χ1v) is 9.71. The molecule has 0 spiro atoms. The number of aromatic carboxylic acids is 1. The lowest BCUT2D eigenvalue weighted by atomic mass is 9.96. The Morgan fingerprint density at radius 3 is 2.00 bits per heavy atom. The molecular formula is C25H22O4. The van der Waals surface area contributed by atoms with E-state index in [4.69, 9.17) is 9.84 Å². The molecule has 1 aliphatic rings. The summed E-state index contributed by atoms with van der Waals surface area (Å²) < 4.78 is 5.66. The van der Waals surface area contributed by atoms with Gasteiger partial charge in [0.25, 0.3) is 0 Å². The van der Waals surface area contributed by atoms with Crippen molar-refractivity contribution in [1.82, 2.24) is 0 Å². The van der Waals surface area contributed by atoms with Crippen LogP contribution in [0.5, 0.6) is 0 Å². The van der Waals surface area contributed by atoms with Crippen LogP contribution < -0.4 is 0 Å². The van der Waals surface area contributed by atoms with Crippen molar-refractivity contribution in [3.8, 4) is 11.1 Å². The van der Waals surface area contributed by atoms with Crippen molar-refractivity contribution in [2.45, 2.75) is 25.2 Å². The van der Waals surface area contributed by atoms with E-state index in [0.29, 0.717) is 6.61 Å². The molecule has 1 N–H and O–H groups in total. The van der Waals surface area contributed by atoms with Crippen molar-refractivity contribution in [3.05, 3.63) is 95.1 Å². The van der Waals surface area contributed by atoms with Crippen LogP contribution in [0.1, 0.15) is 52.2 Å². The molecule has 0 radical (unpaired) electrons. The molecule has 3 aromatic rings. The van der Waals surface area contributed by atoms with E-state index >= 15 is 0 Å². The van der Waals surface area contributed by atoms with Gasteiger partial charge in [0, 0.05) is 5.92 Å². The molecule has 0 fully saturated rings. The van der Waals surface area contributed by atoms with Gasteiger partial charge in [-0.25, -0.2) is 4.79 Å². The lowest BCUT2D eigenvalue weighted by Gasteiger charge is -2.16. The molecule has 0 saturated heterocycles. The van der Waals surface area contributed by atoms with Gasteiger partial charge in [0.15, 0.2) is 0 Å². The van der Waals surface area contributed by atoms with E-state index in [1.54, 1.807) is 24.3 Å². The van der Waals surface area contributed by atoms with Crippen molar-refractivity contribution >= 4 is 11.9 Å². The van der Waals surface area contributed by atoms with Crippen LogP contribution in [-0.2, 0) is 9.53 Å². The van der Waals surface area contributed by atoms with Gasteiger partial charge >= 0.3 is 11.9 Å². The highest BCUT2D eigenvalue weighted by Gasteiger charge is 2.29. The fourth-order valence-corrected chi connectivity index (χ4v) is 4.00. The highest BCUT2D eigenvalue weighted by molar-refractivity contribution is 5.87. The van der Waals surface area contributed by atoms with Gasteiger partial charge in [0.05, 0.1) is 12.0 Å². The second-order valence-electron chi connectivity index (χ2n) is 7.44. The number of benzene rings is 3. The Balaban J connectivity index is 1.41. The molecule has 0 amide bonds. The first-order valence-electron chi connectivity index (χ1n) is 9.71. The topological polar surface area (TPSA) is 63.6 Å². The Morgan fingerprint density at radius 1 is 0.897 bits per heavy atom. The van der Waals surface area contributed by atoms with Gasteiger partial charge in [0.1, 0.15) is 6.61 Å². The Morgan fingerprint density at radius 2 is 1.45 bits per heavy atom. The fraction of sp³-hybridized carbons (Fsp3) is 0.200. The summed E-state index contributed by atoms with van der Waals surface area (Å²) in [5.74, 6) is -1.20. The number of hydrogen-bond donors (Lipinski definition) is 1. The molecule has 29 heavy (non-hydrogen) atoms. The maximum absolute atomic E-state index is 12.5. The maximum atomic E-state index is 12.5. The predicted octanol–water partition coefficient (Wildman–Crippen LogP) is 5.23. The highest BCUT2D eigenvalue weighted by Crippen LogP contribution is 2.44. The van der Waals surface area contributed by atoms with Gasteiger partial charge in [-0.05, 0) is 45.9 Å². The SMILES string of the molecule is C[C@H](CC(=O)OCC1c2ccccc2-c2ccccc21)c1ccc(C(=O)O)cc1. The Labute approximate surface area is 169 Å². The first-order chi connectivity index (χ1) is 14.0. The molecular weight excluding hydrogens is 364 g/mol. The van der Waals surface area contributed by atoms with Crippen molar-refractivity contribution in [2.24, 2.45) is 0 Å². The van der Waals surface area contributed by atoms with Gasteiger partial charge in [0.2, 0.25) is 0 Å². The van der Waals surface area contributed by atoms with E-state index in [1.165, 1.54) is 22.3 Å². The van der Waals surface area contributed by atoms with E-state index in [1.807, 2.05) is 31.2 Å². The molecule has 0 aliphatic heterocycles. The third-order valence-electron chi connectivity index (χ3n) is 5.57. The number of carbonyl (C=O) groups excluding carboxylic acids is 1. The van der Waals surface area contributed by atoms with Crippen molar-refractivity contribution < 1.29 is 19.4 Å². The lowest BCUT2D eigenvalue weighted by molar-refractivity contribution is -0.144. The predicted molar refractivity (Wildman–Crippen MR) is 111 cm³/mol. The van der Waals surface area contributed by atoms with E-state index in [0.717, 1.165) is 5.56 Å². The number of carbonyl (C=O) groups is 2. The van der Waals surface area contributed by atoms with Crippen LogP contribution >= 0.6 is 0 Å². The minimum Gasteiger partial charge on any atom is -0.478 e. The van der Waals surface area contributed by atoms with Crippen LogP contribution in [0, 0.1) is 0 Å². The minimum atomic E-state index is -0.958. The minimum absolute atomic E-state index is 0.0477. The third kappa shape index (κ3) is 3.79. The summed E-state index contributed by atoms with van der Waals surface area (Å²) in [5, 5.41) is 9.00. The Kier molecular flexibility index (Phi) is 5.17. The molecule has 0 aromatic heterocycles. The average Bonchev–Trinajstić information content (AvgIpc) is 3.06. The zero-order valence-electron chi connectivity index (χ0n) is 16.2. The molecule has 0 saturated carbocycles. The number of carboxylic acids is 1. The second-order valence-corrected chi connectivity index (χ2v) is 7.44. The van der Waals surface area contributed by atoms with Crippen molar-refractivity contribution in [2.75, 3.05) is 6.61 Å². The molecule has 4 nitrogen and oxygen atoms in total. The van der Waals surface area contributed by atoms with E-state index in [-0.39, 0.29) is 29.8 Å². The van der Waals surface area contributed by atoms with Crippen LogP contribution in [0.4, 0.5) is 0 Å². The van der Waals surface area contributed by atoms with Gasteiger partial charge in [-0.3, -0.25) is 4.79 Å². The summed E-state index contributed by atoms with van der Waals surface area (Å²) in [6.45, 7) is 2.26. The molecule has 1 aliphatic carbocycles. The van der Waals surface area contributed by atoms with Crippen molar-refractivity contribution in [1.29, 1.82) is 0 Å². The zero-order valence-corrected chi connectivity index (χ0v) is 16.2. The number of esters is 1. The maximum Gasteiger partial charge on any atom is 0.335 e. The van der Waals surface area contributed by atoms with E-state index in [2.05, 4.69) is 24.3 Å². The zero-order chi connectivity index (χ0) is 20.4. The first kappa shape index (κ1) is 18.9. The van der Waals surface area contributed by atoms with E-state index in [9.17, 15) is 9.59 Å². The lowest BCUT2D eigenvalue weighted by Crippen LogP contribution is -2.14. The standard InChI is InChI=1S/C25H22O4/c1-16(17-10-12-18(13-11-17)25(27)28)14-24(26)29-15-23-21-8-4-2-6-19(21)20-7-3-5-9-22(20)23/h2-13,16,23H,14-15H2,1H3,(H,27,28)/t16-/m1/s1. The summed E-state index contributed by atoms with van der Waals surface area (Å²) in [4.78, 5) is 23.4. The Bertz CT molecular complexity index is 1010. The van der Waals surface area contributed by atoms with Gasteiger partial charge in [-0.2, -0.15) is 0 Å². The summed E-state index contributed by atoms with van der Waals surface area (Å²) in [7, 11) is 0. The molecule has 0 unspecified atom stereocenters. The van der Waals surface area contributed by atoms with Gasteiger partial charge in [-0.15, -0.1) is 0 Å². The smallest absolute Gasteiger partial charge is 0.335 e. The molecule has 1 atom stereocenters. The van der Waals surface area contributed by atoms with Crippen LogP contribution in [-0.4, -0.2) is 23.7 Å². The molecule has 4 rings (SSSR count). The van der Waals surface area contributed by atoms with Gasteiger partial charge in [-0.1, -0.05) is 67.6 Å². The highest BCUT2D eigenvalue weighted by atomic mass is 16.5. The quantitative estimate of drug-likeness (QED) is 0.589. The number of ether oxygens (including phenoxy) is 1. The average molecular weight is 386 g/mol. The van der Waals surface area contributed by atoms with Crippen LogP contribution in [0.3, 0.4) is 0 Å². The molecule has 0 bridgehead atoms. The number of hydrogen-bond acceptors (Lipinski definition) is 3. The molecule has 4 heteroatoms. The second kappa shape index (κ2) is 7.92. The monoisotopic (exact) mass is 386 g/mol. The number of carboxylic acid groups (broad SMARTS) is 1. The summed E-state index contributed by atoms with van der Waals surface area (Å²) in [5.41, 5.74) is 5.95. The fourth-order valence-electron chi connectivity index (χ4n) is 4.00. The van der Waals surface area contributed by atoms with E-state index < -0.39 is 5.97 Å². The third-order valence-corrected chi connectivity index (χ3v) is 5.57. The normalized spacial score (nSPS) is 13.4. The largest absolute Gasteiger partial charge is 0.478 e. The molecule has 0 heterocycles. The van der Waals surface area contributed by atoms with Crippen LogP contribution in [0.2, 0.25) is 0 Å². The number of rotatable bonds is 6. The van der Waals surface area contributed by atoms with Gasteiger partial charge < -0.3 is 9.84 Å². The van der Waals surface area contributed by atoms with Crippen LogP contribution in [0.15, 0.2) is 72.8 Å².